The van der Waals surface area contributed by atoms with E-state index in [1.54, 1.807) is 17.0 Å². The molecule has 0 bridgehead atoms. The van der Waals surface area contributed by atoms with Gasteiger partial charge in [-0.25, -0.2) is 4.39 Å². The van der Waals surface area contributed by atoms with E-state index in [4.69, 9.17) is 0 Å². The molecule has 0 aliphatic carbocycles. The molecule has 1 aromatic rings. The number of benzene rings is 1. The lowest BCUT2D eigenvalue weighted by atomic mass is 10.1. The van der Waals surface area contributed by atoms with Crippen molar-refractivity contribution in [3.05, 3.63) is 33.1 Å². The maximum absolute atomic E-state index is 13.5. The van der Waals surface area contributed by atoms with Crippen molar-refractivity contribution in [1.29, 1.82) is 0 Å². The fraction of sp³-hybridized carbons (Fsp3) is 0.300. The summed E-state index contributed by atoms with van der Waals surface area (Å²) in [7, 11) is 0. The van der Waals surface area contributed by atoms with E-state index < -0.39 is 5.82 Å². The number of carbonyl (C=O) groups excluding carboxylic acids is 1. The molecule has 0 unspecified atom stereocenters. The van der Waals surface area contributed by atoms with Gasteiger partial charge in [-0.3, -0.25) is 4.79 Å². The summed E-state index contributed by atoms with van der Waals surface area (Å²) in [5.74, 6) is -0.586. The second-order valence-electron chi connectivity index (χ2n) is 3.25. The van der Waals surface area contributed by atoms with Crippen molar-refractivity contribution in [1.82, 2.24) is 4.90 Å². The lowest BCUT2D eigenvalue weighted by Gasteiger charge is -2.31. The zero-order chi connectivity index (χ0) is 10.1. The van der Waals surface area contributed by atoms with Crippen LogP contribution in [0.4, 0.5) is 4.39 Å². The number of nitrogens with zero attached hydrogens (tertiary/aromatic N) is 1. The van der Waals surface area contributed by atoms with Crippen LogP contribution in [0, 0.1) is 9.39 Å². The highest BCUT2D eigenvalue weighted by molar-refractivity contribution is 14.1. The minimum atomic E-state index is -0.398. The minimum Gasteiger partial charge on any atom is -0.338 e. The summed E-state index contributed by atoms with van der Waals surface area (Å²) in [4.78, 5) is 13.3. The summed E-state index contributed by atoms with van der Waals surface area (Å²) in [6.45, 7) is 1.51. The summed E-state index contributed by atoms with van der Waals surface area (Å²) >= 11 is 1.89. The van der Waals surface area contributed by atoms with Crippen molar-refractivity contribution in [3.8, 4) is 0 Å². The van der Waals surface area contributed by atoms with Gasteiger partial charge in [0.25, 0.3) is 5.91 Å². The standard InChI is InChI=1S/C10H9FINO/c11-9-7(3-1-4-8(9)12)10(14)13-5-2-6-13/h1,3-4H,2,5-6H2. The van der Waals surface area contributed by atoms with Crippen molar-refractivity contribution < 1.29 is 9.18 Å². The smallest absolute Gasteiger partial charge is 0.256 e. The van der Waals surface area contributed by atoms with Crippen molar-refractivity contribution in [2.24, 2.45) is 0 Å². The molecule has 0 spiro atoms. The molecular formula is C10H9FINO. The Morgan fingerprint density at radius 2 is 2.14 bits per heavy atom. The SMILES string of the molecule is O=C(c1cccc(I)c1F)N1CCC1. The van der Waals surface area contributed by atoms with Crippen LogP contribution >= 0.6 is 22.6 Å². The molecule has 1 saturated heterocycles. The Labute approximate surface area is 95.2 Å². The first-order chi connectivity index (χ1) is 6.70. The molecule has 0 atom stereocenters. The van der Waals surface area contributed by atoms with Gasteiger partial charge in [0.05, 0.1) is 5.56 Å². The highest BCUT2D eigenvalue weighted by Gasteiger charge is 2.24. The van der Waals surface area contributed by atoms with Crippen LogP contribution < -0.4 is 0 Å². The first-order valence-electron chi connectivity index (χ1n) is 4.43. The normalized spacial score (nSPS) is 15.1. The molecule has 1 amide bonds. The number of amides is 1. The molecular weight excluding hydrogens is 296 g/mol. The van der Waals surface area contributed by atoms with Crippen LogP contribution in [0.2, 0.25) is 0 Å². The third kappa shape index (κ3) is 1.63. The zero-order valence-corrected chi connectivity index (χ0v) is 9.62. The number of likely N-dealkylation sites (tertiary alicyclic amines) is 1. The molecule has 0 N–H and O–H groups in total. The molecule has 1 aromatic carbocycles. The van der Waals surface area contributed by atoms with Crippen LogP contribution in [0.3, 0.4) is 0 Å². The molecule has 1 aliphatic rings. The third-order valence-electron chi connectivity index (χ3n) is 2.33. The molecule has 1 fully saturated rings. The summed E-state index contributed by atoms with van der Waals surface area (Å²) in [5.41, 5.74) is 0.191. The van der Waals surface area contributed by atoms with Crippen LogP contribution in [0.5, 0.6) is 0 Å². The largest absolute Gasteiger partial charge is 0.338 e. The van der Waals surface area contributed by atoms with Gasteiger partial charge in [0.15, 0.2) is 0 Å². The van der Waals surface area contributed by atoms with Crippen LogP contribution in [0.25, 0.3) is 0 Å². The molecule has 1 heterocycles. The Morgan fingerprint density at radius 3 is 2.71 bits per heavy atom. The predicted molar refractivity (Wildman–Crippen MR) is 59.6 cm³/mol. The van der Waals surface area contributed by atoms with E-state index in [-0.39, 0.29) is 11.5 Å². The highest BCUT2D eigenvalue weighted by Crippen LogP contribution is 2.19. The topological polar surface area (TPSA) is 20.3 Å². The summed E-state index contributed by atoms with van der Waals surface area (Å²) < 4.78 is 14.0. The second-order valence-corrected chi connectivity index (χ2v) is 4.41. The molecule has 74 valence electrons. The van der Waals surface area contributed by atoms with Crippen LogP contribution in [-0.2, 0) is 0 Å². The number of rotatable bonds is 1. The van der Waals surface area contributed by atoms with E-state index >= 15 is 0 Å². The van der Waals surface area contributed by atoms with Gasteiger partial charge < -0.3 is 4.90 Å². The monoisotopic (exact) mass is 305 g/mol. The molecule has 14 heavy (non-hydrogen) atoms. The maximum Gasteiger partial charge on any atom is 0.256 e. The van der Waals surface area contributed by atoms with E-state index in [0.717, 1.165) is 19.5 Å². The Morgan fingerprint density at radius 1 is 1.43 bits per heavy atom. The Balaban J connectivity index is 2.31. The molecule has 2 rings (SSSR count). The Kier molecular flexibility index (Phi) is 2.71. The number of carbonyl (C=O) groups is 1. The van der Waals surface area contributed by atoms with E-state index in [9.17, 15) is 9.18 Å². The second kappa shape index (κ2) is 3.84. The molecule has 1 aliphatic heterocycles. The number of hydrogen-bond donors (Lipinski definition) is 0. The first-order valence-corrected chi connectivity index (χ1v) is 5.51. The van der Waals surface area contributed by atoms with Gasteiger partial charge in [0, 0.05) is 16.7 Å². The fourth-order valence-electron chi connectivity index (χ4n) is 1.36. The molecule has 2 nitrogen and oxygen atoms in total. The summed E-state index contributed by atoms with van der Waals surface area (Å²) in [5, 5.41) is 0. The predicted octanol–water partition coefficient (Wildman–Crippen LogP) is 2.28. The van der Waals surface area contributed by atoms with E-state index in [0.29, 0.717) is 3.57 Å². The van der Waals surface area contributed by atoms with Crippen LogP contribution in [0.1, 0.15) is 16.8 Å². The van der Waals surface area contributed by atoms with Gasteiger partial charge >= 0.3 is 0 Å². The molecule has 0 radical (unpaired) electrons. The summed E-state index contributed by atoms with van der Waals surface area (Å²) in [6.07, 6.45) is 1.03. The van der Waals surface area contributed by atoms with Gasteiger partial charge in [-0.15, -0.1) is 0 Å². The lowest BCUT2D eigenvalue weighted by molar-refractivity contribution is 0.0647. The average molecular weight is 305 g/mol. The first kappa shape index (κ1) is 9.89. The summed E-state index contributed by atoms with van der Waals surface area (Å²) in [6, 6.07) is 4.90. The quantitative estimate of drug-likeness (QED) is 0.729. The van der Waals surface area contributed by atoms with Crippen molar-refractivity contribution >= 4 is 28.5 Å². The number of hydrogen-bond acceptors (Lipinski definition) is 1. The molecule has 0 aromatic heterocycles. The minimum absolute atomic E-state index is 0.188. The molecule has 4 heteroatoms. The van der Waals surface area contributed by atoms with Gasteiger partial charge in [-0.05, 0) is 41.1 Å². The van der Waals surface area contributed by atoms with Gasteiger partial charge in [-0.2, -0.15) is 0 Å². The van der Waals surface area contributed by atoms with Crippen molar-refractivity contribution in [2.75, 3.05) is 13.1 Å². The van der Waals surface area contributed by atoms with E-state index in [1.165, 1.54) is 6.07 Å². The van der Waals surface area contributed by atoms with Crippen molar-refractivity contribution in [2.45, 2.75) is 6.42 Å². The molecule has 0 saturated carbocycles. The lowest BCUT2D eigenvalue weighted by Crippen LogP contribution is -2.42. The zero-order valence-electron chi connectivity index (χ0n) is 7.46. The van der Waals surface area contributed by atoms with E-state index in [2.05, 4.69) is 0 Å². The Bertz CT molecular complexity index is 376. The average Bonchev–Trinajstić information content (AvgIpc) is 2.06. The van der Waals surface area contributed by atoms with Gasteiger partial charge in [0.2, 0.25) is 0 Å². The van der Waals surface area contributed by atoms with Gasteiger partial charge in [-0.1, -0.05) is 6.07 Å². The van der Waals surface area contributed by atoms with Gasteiger partial charge in [0.1, 0.15) is 5.82 Å². The number of halogens is 2. The maximum atomic E-state index is 13.5. The highest BCUT2D eigenvalue weighted by atomic mass is 127. The fourth-order valence-corrected chi connectivity index (χ4v) is 1.86. The Hall–Kier alpha value is -0.650. The third-order valence-corrected chi connectivity index (χ3v) is 3.16. The van der Waals surface area contributed by atoms with Crippen LogP contribution in [0.15, 0.2) is 18.2 Å². The van der Waals surface area contributed by atoms with Crippen LogP contribution in [-0.4, -0.2) is 23.9 Å². The van der Waals surface area contributed by atoms with Crippen molar-refractivity contribution in [3.63, 3.8) is 0 Å². The van der Waals surface area contributed by atoms with E-state index in [1.807, 2.05) is 22.6 Å².